The van der Waals surface area contributed by atoms with E-state index in [4.69, 9.17) is 0 Å². The van der Waals surface area contributed by atoms with Crippen LogP contribution in [0.3, 0.4) is 0 Å². The van der Waals surface area contributed by atoms with Crippen LogP contribution in [-0.2, 0) is 22.7 Å². The normalized spacial score (nSPS) is 16.1. The number of amides is 2. The standard InChI is InChI=1S/C24H26N4O2/c1-17-6-8-19(9-7-17)14-27-16-21(13-23(27)29)24(30)26-22-10-11-25-28(22)15-20-5-3-4-18(2)12-20/h3-12,21H,13-16H2,1-2H3,(H,26,30). The van der Waals surface area contributed by atoms with Crippen LogP contribution in [0.15, 0.2) is 60.8 Å². The van der Waals surface area contributed by atoms with Gasteiger partial charge in [-0.2, -0.15) is 5.10 Å². The van der Waals surface area contributed by atoms with E-state index >= 15 is 0 Å². The maximum atomic E-state index is 12.8. The second kappa shape index (κ2) is 8.53. The molecule has 154 valence electrons. The van der Waals surface area contributed by atoms with Gasteiger partial charge in [-0.3, -0.25) is 9.59 Å². The van der Waals surface area contributed by atoms with E-state index in [2.05, 4.69) is 29.5 Å². The number of rotatable bonds is 6. The van der Waals surface area contributed by atoms with Gasteiger partial charge in [0, 0.05) is 25.6 Å². The minimum atomic E-state index is -0.356. The summed E-state index contributed by atoms with van der Waals surface area (Å²) in [4.78, 5) is 27.0. The summed E-state index contributed by atoms with van der Waals surface area (Å²) in [5.74, 6) is 0.168. The van der Waals surface area contributed by atoms with E-state index in [-0.39, 0.29) is 24.2 Å². The van der Waals surface area contributed by atoms with Gasteiger partial charge in [0.2, 0.25) is 11.8 Å². The molecular formula is C24H26N4O2. The maximum absolute atomic E-state index is 12.8. The molecule has 1 N–H and O–H groups in total. The summed E-state index contributed by atoms with van der Waals surface area (Å²) in [5.41, 5.74) is 4.56. The first-order valence-corrected chi connectivity index (χ1v) is 10.2. The summed E-state index contributed by atoms with van der Waals surface area (Å²) in [6, 6.07) is 18.1. The van der Waals surface area contributed by atoms with Crippen molar-refractivity contribution in [2.24, 2.45) is 5.92 Å². The zero-order chi connectivity index (χ0) is 21.1. The second-order valence-electron chi connectivity index (χ2n) is 8.01. The lowest BCUT2D eigenvalue weighted by Crippen LogP contribution is -2.28. The van der Waals surface area contributed by atoms with Crippen molar-refractivity contribution in [2.45, 2.75) is 33.4 Å². The number of carbonyl (C=O) groups excluding carboxylic acids is 2. The molecule has 0 radical (unpaired) electrons. The summed E-state index contributed by atoms with van der Waals surface area (Å²) in [7, 11) is 0. The molecule has 0 saturated carbocycles. The summed E-state index contributed by atoms with van der Waals surface area (Å²) in [6.45, 7) is 5.63. The first-order chi connectivity index (χ1) is 14.5. The summed E-state index contributed by atoms with van der Waals surface area (Å²) in [5, 5.41) is 7.30. The van der Waals surface area contributed by atoms with Crippen molar-refractivity contribution in [3.05, 3.63) is 83.0 Å². The van der Waals surface area contributed by atoms with Crippen molar-refractivity contribution >= 4 is 17.6 Å². The fourth-order valence-electron chi connectivity index (χ4n) is 3.79. The van der Waals surface area contributed by atoms with Crippen molar-refractivity contribution < 1.29 is 9.59 Å². The quantitative estimate of drug-likeness (QED) is 0.686. The predicted molar refractivity (Wildman–Crippen MR) is 116 cm³/mol. The lowest BCUT2D eigenvalue weighted by molar-refractivity contribution is -0.128. The van der Waals surface area contributed by atoms with E-state index in [1.807, 2.05) is 43.3 Å². The highest BCUT2D eigenvalue weighted by Gasteiger charge is 2.34. The van der Waals surface area contributed by atoms with E-state index in [1.54, 1.807) is 21.8 Å². The highest BCUT2D eigenvalue weighted by molar-refractivity contribution is 5.96. The average Bonchev–Trinajstić information content (AvgIpc) is 3.30. The molecule has 2 heterocycles. The first-order valence-electron chi connectivity index (χ1n) is 10.2. The van der Waals surface area contributed by atoms with Gasteiger partial charge in [0.25, 0.3) is 0 Å². The zero-order valence-corrected chi connectivity index (χ0v) is 17.3. The largest absolute Gasteiger partial charge is 0.338 e. The van der Waals surface area contributed by atoms with Gasteiger partial charge in [0.05, 0.1) is 18.7 Å². The number of hydrogen-bond acceptors (Lipinski definition) is 3. The molecule has 1 saturated heterocycles. The Morgan fingerprint density at radius 1 is 1.03 bits per heavy atom. The molecular weight excluding hydrogens is 376 g/mol. The number of benzene rings is 2. The first kappa shape index (κ1) is 19.9. The smallest absolute Gasteiger partial charge is 0.230 e. The molecule has 1 atom stereocenters. The van der Waals surface area contributed by atoms with Crippen molar-refractivity contribution in [3.8, 4) is 0 Å². The van der Waals surface area contributed by atoms with E-state index in [0.717, 1.165) is 11.1 Å². The van der Waals surface area contributed by atoms with Crippen LogP contribution in [0.4, 0.5) is 5.82 Å². The highest BCUT2D eigenvalue weighted by atomic mass is 16.2. The number of nitrogens with zero attached hydrogens (tertiary/aromatic N) is 3. The minimum Gasteiger partial charge on any atom is -0.338 e. The minimum absolute atomic E-state index is 0.0176. The van der Waals surface area contributed by atoms with E-state index < -0.39 is 0 Å². The number of anilines is 1. The molecule has 1 aliphatic heterocycles. The van der Waals surface area contributed by atoms with Crippen LogP contribution < -0.4 is 5.32 Å². The fraction of sp³-hybridized carbons (Fsp3) is 0.292. The number of aryl methyl sites for hydroxylation is 2. The van der Waals surface area contributed by atoms with E-state index in [1.165, 1.54) is 11.1 Å². The Morgan fingerprint density at radius 3 is 2.60 bits per heavy atom. The van der Waals surface area contributed by atoms with Gasteiger partial charge in [-0.25, -0.2) is 4.68 Å². The third-order valence-electron chi connectivity index (χ3n) is 5.46. The van der Waals surface area contributed by atoms with Crippen molar-refractivity contribution in [1.29, 1.82) is 0 Å². The number of likely N-dealkylation sites (tertiary alicyclic amines) is 1. The molecule has 1 aliphatic rings. The molecule has 2 amide bonds. The molecule has 1 fully saturated rings. The Hall–Kier alpha value is -3.41. The zero-order valence-electron chi connectivity index (χ0n) is 17.3. The number of carbonyl (C=O) groups is 2. The molecule has 0 spiro atoms. The van der Waals surface area contributed by atoms with Gasteiger partial charge < -0.3 is 10.2 Å². The van der Waals surface area contributed by atoms with Crippen LogP contribution >= 0.6 is 0 Å². The molecule has 6 nitrogen and oxygen atoms in total. The molecule has 1 unspecified atom stereocenters. The van der Waals surface area contributed by atoms with Gasteiger partial charge in [-0.1, -0.05) is 59.7 Å². The monoisotopic (exact) mass is 402 g/mol. The molecule has 6 heteroatoms. The third kappa shape index (κ3) is 4.59. The Morgan fingerprint density at radius 2 is 1.83 bits per heavy atom. The third-order valence-corrected chi connectivity index (χ3v) is 5.46. The molecule has 4 rings (SSSR count). The Balaban J connectivity index is 1.38. The number of hydrogen-bond donors (Lipinski definition) is 1. The van der Waals surface area contributed by atoms with Crippen molar-refractivity contribution in [3.63, 3.8) is 0 Å². The fourth-order valence-corrected chi connectivity index (χ4v) is 3.79. The summed E-state index contributed by atoms with van der Waals surface area (Å²) in [6.07, 6.45) is 1.92. The number of nitrogens with one attached hydrogen (secondary N) is 1. The van der Waals surface area contributed by atoms with Gasteiger partial charge in [0.1, 0.15) is 5.82 Å². The van der Waals surface area contributed by atoms with Gasteiger partial charge >= 0.3 is 0 Å². The lowest BCUT2D eigenvalue weighted by atomic mass is 10.1. The highest BCUT2D eigenvalue weighted by Crippen LogP contribution is 2.22. The molecule has 30 heavy (non-hydrogen) atoms. The Bertz CT molecular complexity index is 1060. The maximum Gasteiger partial charge on any atom is 0.230 e. The van der Waals surface area contributed by atoms with Gasteiger partial charge in [0.15, 0.2) is 0 Å². The SMILES string of the molecule is Cc1ccc(CN2CC(C(=O)Nc3ccnn3Cc3cccc(C)c3)CC2=O)cc1. The lowest BCUT2D eigenvalue weighted by Gasteiger charge is -2.17. The van der Waals surface area contributed by atoms with Crippen molar-refractivity contribution in [2.75, 3.05) is 11.9 Å². The van der Waals surface area contributed by atoms with E-state index in [9.17, 15) is 9.59 Å². The van der Waals surface area contributed by atoms with E-state index in [0.29, 0.717) is 25.5 Å². The van der Waals surface area contributed by atoms with Crippen LogP contribution in [0.25, 0.3) is 0 Å². The summed E-state index contributed by atoms with van der Waals surface area (Å²) < 4.78 is 1.77. The summed E-state index contributed by atoms with van der Waals surface area (Å²) >= 11 is 0. The van der Waals surface area contributed by atoms with Crippen LogP contribution in [0.5, 0.6) is 0 Å². The topological polar surface area (TPSA) is 67.2 Å². The predicted octanol–water partition coefficient (Wildman–Crippen LogP) is 3.54. The molecule has 0 bridgehead atoms. The molecule has 1 aromatic heterocycles. The Labute approximate surface area is 176 Å². The Kier molecular flexibility index (Phi) is 5.65. The van der Waals surface area contributed by atoms with Crippen LogP contribution in [-0.4, -0.2) is 33.0 Å². The molecule has 0 aliphatic carbocycles. The van der Waals surface area contributed by atoms with Crippen molar-refractivity contribution in [1.82, 2.24) is 14.7 Å². The van der Waals surface area contributed by atoms with Crippen LogP contribution in [0.1, 0.15) is 28.7 Å². The number of aromatic nitrogens is 2. The average molecular weight is 402 g/mol. The molecule has 2 aromatic carbocycles. The van der Waals surface area contributed by atoms with Gasteiger partial charge in [-0.15, -0.1) is 0 Å². The van der Waals surface area contributed by atoms with Crippen LogP contribution in [0, 0.1) is 19.8 Å². The van der Waals surface area contributed by atoms with Gasteiger partial charge in [-0.05, 0) is 25.0 Å². The molecule has 3 aromatic rings. The van der Waals surface area contributed by atoms with Crippen LogP contribution in [0.2, 0.25) is 0 Å². The second-order valence-corrected chi connectivity index (χ2v) is 8.01.